The van der Waals surface area contributed by atoms with E-state index in [0.717, 1.165) is 17.6 Å². The highest BCUT2D eigenvalue weighted by molar-refractivity contribution is 5.78. The van der Waals surface area contributed by atoms with E-state index < -0.39 is 5.82 Å². The van der Waals surface area contributed by atoms with Gasteiger partial charge in [-0.1, -0.05) is 0 Å². The van der Waals surface area contributed by atoms with Crippen LogP contribution in [0.15, 0.2) is 48.1 Å². The number of anilines is 1. The summed E-state index contributed by atoms with van der Waals surface area (Å²) in [4.78, 5) is 29.8. The number of hydrogen-bond donors (Lipinski definition) is 1. The Morgan fingerprint density at radius 3 is 2.77 bits per heavy atom. The number of pyridine rings is 1. The Morgan fingerprint density at radius 1 is 1.13 bits per heavy atom. The predicted molar refractivity (Wildman–Crippen MR) is 111 cm³/mol. The second kappa shape index (κ2) is 8.09. The highest BCUT2D eigenvalue weighted by Gasteiger charge is 2.33. The quantitative estimate of drug-likeness (QED) is 0.694. The minimum Gasteiger partial charge on any atom is -0.337 e. The van der Waals surface area contributed by atoms with Crippen molar-refractivity contribution < 1.29 is 9.18 Å². The standard InChI is InChI=1S/C20H20FN9O/c21-15-11-14(12-22-13-15)18-3-6-25-30(18)20(31)29-9-7-28(8-10-29)19-23-4-1-16(26-19)17-2-5-24-27-17/h1-2,4-6,11-13,18H,3,7-10H2,(H,24,27)/t18-/m0/s1. The van der Waals surface area contributed by atoms with E-state index in [-0.39, 0.29) is 12.1 Å². The first-order chi connectivity index (χ1) is 15.2. The molecule has 31 heavy (non-hydrogen) atoms. The van der Waals surface area contributed by atoms with E-state index in [1.165, 1.54) is 11.1 Å². The molecular weight excluding hydrogens is 401 g/mol. The molecule has 5 heterocycles. The summed E-state index contributed by atoms with van der Waals surface area (Å²) in [6.45, 7) is 2.22. The van der Waals surface area contributed by atoms with E-state index in [2.05, 4.69) is 30.3 Å². The molecule has 0 radical (unpaired) electrons. The number of amides is 2. The first-order valence-electron chi connectivity index (χ1n) is 9.98. The summed E-state index contributed by atoms with van der Waals surface area (Å²) in [6, 6.07) is 4.53. The van der Waals surface area contributed by atoms with Crippen LogP contribution in [0, 0.1) is 5.82 Å². The van der Waals surface area contributed by atoms with Crippen molar-refractivity contribution in [2.24, 2.45) is 5.10 Å². The third-order valence-electron chi connectivity index (χ3n) is 5.39. The topological polar surface area (TPSA) is 106 Å². The molecule has 5 rings (SSSR count). The summed E-state index contributed by atoms with van der Waals surface area (Å²) in [6.07, 6.45) is 8.32. The lowest BCUT2D eigenvalue weighted by Crippen LogP contribution is -2.52. The molecule has 1 atom stereocenters. The molecule has 1 saturated heterocycles. The smallest absolute Gasteiger partial charge is 0.337 e. The normalized spacial score (nSPS) is 18.6. The van der Waals surface area contributed by atoms with Gasteiger partial charge in [0.2, 0.25) is 5.95 Å². The molecule has 3 aromatic rings. The maximum Gasteiger partial charge on any atom is 0.341 e. The molecular formula is C20H20FN9O. The van der Waals surface area contributed by atoms with Crippen molar-refractivity contribution in [3.05, 3.63) is 54.4 Å². The first kappa shape index (κ1) is 19.1. The molecule has 1 fully saturated rings. The number of urea groups is 1. The molecule has 158 valence electrons. The number of aromatic amines is 1. The number of H-pyrrole nitrogens is 1. The summed E-state index contributed by atoms with van der Waals surface area (Å²) in [5.41, 5.74) is 2.22. The first-order valence-corrected chi connectivity index (χ1v) is 9.98. The summed E-state index contributed by atoms with van der Waals surface area (Å²) >= 11 is 0. The van der Waals surface area contributed by atoms with Gasteiger partial charge in [-0.05, 0) is 23.8 Å². The highest BCUT2D eigenvalue weighted by atomic mass is 19.1. The van der Waals surface area contributed by atoms with Gasteiger partial charge in [-0.3, -0.25) is 10.1 Å². The molecule has 0 aliphatic carbocycles. The van der Waals surface area contributed by atoms with Crippen LogP contribution in [-0.2, 0) is 0 Å². The van der Waals surface area contributed by atoms with E-state index in [1.807, 2.05) is 17.0 Å². The third-order valence-corrected chi connectivity index (χ3v) is 5.39. The van der Waals surface area contributed by atoms with E-state index in [0.29, 0.717) is 44.1 Å². The molecule has 11 heteroatoms. The Hall–Kier alpha value is -3.89. The van der Waals surface area contributed by atoms with Gasteiger partial charge in [-0.2, -0.15) is 10.2 Å². The van der Waals surface area contributed by atoms with Gasteiger partial charge in [0.25, 0.3) is 0 Å². The van der Waals surface area contributed by atoms with Crippen LogP contribution in [0.25, 0.3) is 11.4 Å². The largest absolute Gasteiger partial charge is 0.341 e. The van der Waals surface area contributed by atoms with Crippen LogP contribution in [0.1, 0.15) is 18.0 Å². The Kier molecular flexibility index (Phi) is 4.98. The number of nitrogens with one attached hydrogen (secondary N) is 1. The lowest BCUT2D eigenvalue weighted by atomic mass is 10.1. The molecule has 0 bridgehead atoms. The van der Waals surface area contributed by atoms with Crippen molar-refractivity contribution in [2.75, 3.05) is 31.1 Å². The highest BCUT2D eigenvalue weighted by Crippen LogP contribution is 2.29. The van der Waals surface area contributed by atoms with Gasteiger partial charge < -0.3 is 9.80 Å². The zero-order valence-electron chi connectivity index (χ0n) is 16.6. The predicted octanol–water partition coefficient (Wildman–Crippen LogP) is 2.08. The summed E-state index contributed by atoms with van der Waals surface area (Å²) in [5.74, 6) is 0.185. The van der Waals surface area contributed by atoms with E-state index in [1.54, 1.807) is 29.7 Å². The number of hydrogen-bond acceptors (Lipinski definition) is 7. The van der Waals surface area contributed by atoms with Gasteiger partial charge >= 0.3 is 6.03 Å². The van der Waals surface area contributed by atoms with Crippen molar-refractivity contribution in [2.45, 2.75) is 12.5 Å². The molecule has 0 aromatic carbocycles. The zero-order chi connectivity index (χ0) is 21.2. The van der Waals surface area contributed by atoms with E-state index >= 15 is 0 Å². The fourth-order valence-electron chi connectivity index (χ4n) is 3.78. The lowest BCUT2D eigenvalue weighted by molar-refractivity contribution is 0.139. The van der Waals surface area contributed by atoms with Crippen molar-refractivity contribution in [3.8, 4) is 11.4 Å². The molecule has 3 aromatic heterocycles. The second-order valence-corrected chi connectivity index (χ2v) is 7.30. The van der Waals surface area contributed by atoms with Gasteiger partial charge in [0, 0.05) is 57.4 Å². The Labute approximate surface area is 177 Å². The van der Waals surface area contributed by atoms with Crippen LogP contribution in [0.4, 0.5) is 15.1 Å². The van der Waals surface area contributed by atoms with E-state index in [9.17, 15) is 9.18 Å². The summed E-state index contributed by atoms with van der Waals surface area (Å²) in [5, 5.41) is 12.5. The van der Waals surface area contributed by atoms with Crippen LogP contribution in [0.3, 0.4) is 0 Å². The molecule has 1 N–H and O–H groups in total. The summed E-state index contributed by atoms with van der Waals surface area (Å²) in [7, 11) is 0. The Balaban J connectivity index is 1.25. The molecule has 0 unspecified atom stereocenters. The Morgan fingerprint density at radius 2 is 2.00 bits per heavy atom. The summed E-state index contributed by atoms with van der Waals surface area (Å²) < 4.78 is 13.6. The van der Waals surface area contributed by atoms with Gasteiger partial charge in [0.1, 0.15) is 5.82 Å². The number of aromatic nitrogens is 5. The third kappa shape index (κ3) is 3.81. The van der Waals surface area contributed by atoms with Gasteiger partial charge in [0.05, 0.1) is 23.6 Å². The van der Waals surface area contributed by atoms with Crippen molar-refractivity contribution >= 4 is 18.2 Å². The second-order valence-electron chi connectivity index (χ2n) is 7.30. The lowest BCUT2D eigenvalue weighted by Gasteiger charge is -2.37. The van der Waals surface area contributed by atoms with Crippen LogP contribution >= 0.6 is 0 Å². The molecule has 0 saturated carbocycles. The number of nitrogens with zero attached hydrogens (tertiary/aromatic N) is 8. The van der Waals surface area contributed by atoms with Crippen molar-refractivity contribution in [3.63, 3.8) is 0 Å². The van der Waals surface area contributed by atoms with Gasteiger partial charge in [-0.25, -0.2) is 24.2 Å². The minimum absolute atomic E-state index is 0.199. The fourth-order valence-corrected chi connectivity index (χ4v) is 3.78. The van der Waals surface area contributed by atoms with Crippen LogP contribution in [-0.4, -0.2) is 73.5 Å². The SMILES string of the molecule is O=C(N1CCN(c2nccc(-c3ccn[nH]3)n2)CC1)N1N=CC[C@H]1c1cncc(F)c1. The number of carbonyl (C=O) groups is 1. The number of hydrazone groups is 1. The Bertz CT molecular complexity index is 1100. The van der Waals surface area contributed by atoms with Gasteiger partial charge in [0.15, 0.2) is 0 Å². The number of piperazine rings is 1. The maximum absolute atomic E-state index is 13.6. The van der Waals surface area contributed by atoms with E-state index in [4.69, 9.17) is 0 Å². The molecule has 0 spiro atoms. The molecule has 10 nitrogen and oxygen atoms in total. The van der Waals surface area contributed by atoms with Crippen molar-refractivity contribution in [1.29, 1.82) is 0 Å². The average molecular weight is 421 g/mol. The monoisotopic (exact) mass is 421 g/mol. The van der Waals surface area contributed by atoms with Crippen molar-refractivity contribution in [1.82, 2.24) is 35.1 Å². The fraction of sp³-hybridized carbons (Fsp3) is 0.300. The number of halogens is 1. The van der Waals surface area contributed by atoms with Crippen LogP contribution in [0.2, 0.25) is 0 Å². The number of carbonyl (C=O) groups excluding carboxylic acids is 1. The van der Waals surface area contributed by atoms with Crippen LogP contribution < -0.4 is 4.90 Å². The zero-order valence-corrected chi connectivity index (χ0v) is 16.6. The molecule has 2 aliphatic heterocycles. The number of rotatable bonds is 3. The van der Waals surface area contributed by atoms with Crippen LogP contribution in [0.5, 0.6) is 0 Å². The average Bonchev–Trinajstić information content (AvgIpc) is 3.51. The minimum atomic E-state index is -0.428. The molecule has 2 aliphatic rings. The maximum atomic E-state index is 13.6. The molecule has 2 amide bonds. The van der Waals surface area contributed by atoms with Gasteiger partial charge in [-0.15, -0.1) is 0 Å².